The lowest BCUT2D eigenvalue weighted by Gasteiger charge is -2.60. The number of rotatable bonds is 9. The third-order valence-corrected chi connectivity index (χ3v) is 20.0. The van der Waals surface area contributed by atoms with Crippen molar-refractivity contribution in [1.82, 2.24) is 0 Å². The van der Waals surface area contributed by atoms with E-state index in [1.165, 1.54) is 26.3 Å². The minimum atomic E-state index is -1.86. The van der Waals surface area contributed by atoms with E-state index in [0.29, 0.717) is 37.2 Å². The topological polar surface area (TPSA) is 315 Å². The van der Waals surface area contributed by atoms with E-state index in [4.69, 9.17) is 47.4 Å². The molecule has 0 aromatic rings. The molecule has 0 amide bonds. The first-order valence-electron chi connectivity index (χ1n) is 26.7. The second-order valence-corrected chi connectivity index (χ2v) is 23.9. The van der Waals surface area contributed by atoms with Crippen LogP contribution in [0.2, 0.25) is 0 Å². The van der Waals surface area contributed by atoms with Gasteiger partial charge in [0.15, 0.2) is 30.9 Å². The van der Waals surface area contributed by atoms with Gasteiger partial charge in [-0.25, -0.2) is 0 Å². The molecule has 21 nitrogen and oxygen atoms in total. The van der Waals surface area contributed by atoms with Crippen molar-refractivity contribution < 1.29 is 104 Å². The van der Waals surface area contributed by atoms with Crippen LogP contribution >= 0.6 is 0 Å². The molecule has 6 aliphatic heterocycles. The lowest BCUT2D eigenvalue weighted by molar-refractivity contribution is -0.394. The van der Waals surface area contributed by atoms with Gasteiger partial charge in [-0.15, -0.1) is 0 Å². The minimum Gasteiger partial charge on any atom is -0.394 e. The number of fused-ring (bicyclic) bond motifs is 7. The number of hydrogen-bond acceptors (Lipinski definition) is 21. The van der Waals surface area contributed by atoms with Gasteiger partial charge >= 0.3 is 0 Å². The number of aliphatic hydroxyl groups is 11. The molecule has 21 heteroatoms. The molecule has 0 aromatic carbocycles. The number of aliphatic hydroxyl groups excluding tert-OH is 10. The Labute approximate surface area is 420 Å². The van der Waals surface area contributed by atoms with E-state index in [0.717, 1.165) is 44.9 Å². The summed E-state index contributed by atoms with van der Waals surface area (Å²) < 4.78 is 61.9. The van der Waals surface area contributed by atoms with Crippen LogP contribution < -0.4 is 0 Å². The van der Waals surface area contributed by atoms with Crippen molar-refractivity contribution >= 4 is 0 Å². The first-order valence-corrected chi connectivity index (χ1v) is 26.7. The molecule has 72 heavy (non-hydrogen) atoms. The van der Waals surface area contributed by atoms with Crippen molar-refractivity contribution in [3.05, 3.63) is 11.6 Å². The molecule has 31 atom stereocenters. The van der Waals surface area contributed by atoms with Crippen LogP contribution in [0.15, 0.2) is 11.6 Å². The average Bonchev–Trinajstić information content (AvgIpc) is 3.71. The number of allylic oxidation sites excluding steroid dienone is 1. The maximum atomic E-state index is 12.9. The molecule has 1 spiro atoms. The largest absolute Gasteiger partial charge is 0.394 e. The summed E-state index contributed by atoms with van der Waals surface area (Å²) in [5.41, 5.74) is -0.230. The lowest BCUT2D eigenvalue weighted by atomic mass is 9.46. The maximum Gasteiger partial charge on any atom is 0.187 e. The van der Waals surface area contributed by atoms with Gasteiger partial charge in [0.25, 0.3) is 0 Å². The summed E-state index contributed by atoms with van der Waals surface area (Å²) in [6.07, 6.45) is -21.2. The number of ether oxygens (including phenoxy) is 10. The van der Waals surface area contributed by atoms with E-state index in [1.807, 2.05) is 0 Å². The molecule has 0 bridgehead atoms. The molecule has 0 unspecified atom stereocenters. The fraction of sp³-hybridized carbons (Fsp3) is 0.961. The van der Waals surface area contributed by atoms with Gasteiger partial charge in [0, 0.05) is 17.8 Å². The monoisotopic (exact) mass is 1030 g/mol. The van der Waals surface area contributed by atoms with E-state index >= 15 is 0 Å². The zero-order chi connectivity index (χ0) is 51.7. The van der Waals surface area contributed by atoms with Crippen molar-refractivity contribution in [3.8, 4) is 0 Å². The highest BCUT2D eigenvalue weighted by Crippen LogP contribution is 2.72. The highest BCUT2D eigenvalue weighted by atomic mass is 16.8. The van der Waals surface area contributed by atoms with E-state index in [1.54, 1.807) is 0 Å². The molecule has 6 saturated heterocycles. The highest BCUT2D eigenvalue weighted by Gasteiger charge is 2.76. The van der Waals surface area contributed by atoms with Gasteiger partial charge < -0.3 is 104 Å². The zero-order valence-electron chi connectivity index (χ0n) is 42.4. The van der Waals surface area contributed by atoms with Crippen LogP contribution in [0.3, 0.4) is 0 Å². The smallest absolute Gasteiger partial charge is 0.187 e. The third kappa shape index (κ3) is 8.63. The van der Waals surface area contributed by atoms with Crippen LogP contribution in [0.1, 0.15) is 106 Å². The fourth-order valence-electron chi connectivity index (χ4n) is 15.4. The Hall–Kier alpha value is -1.10. The highest BCUT2D eigenvalue weighted by molar-refractivity contribution is 5.29. The van der Waals surface area contributed by atoms with Crippen molar-refractivity contribution in [1.29, 1.82) is 0 Å². The lowest BCUT2D eigenvalue weighted by Crippen LogP contribution is -2.67. The number of hydrogen-bond donors (Lipinski definition) is 11. The van der Waals surface area contributed by atoms with Gasteiger partial charge in [0.1, 0.15) is 85.0 Å². The van der Waals surface area contributed by atoms with Crippen LogP contribution in [0.25, 0.3) is 0 Å². The predicted molar refractivity (Wildman–Crippen MR) is 245 cm³/mol. The van der Waals surface area contributed by atoms with Crippen LogP contribution in [-0.4, -0.2) is 216 Å². The zero-order valence-corrected chi connectivity index (χ0v) is 42.4. The predicted octanol–water partition coefficient (Wildman–Crippen LogP) is -0.792. The van der Waals surface area contributed by atoms with E-state index in [-0.39, 0.29) is 28.8 Å². The molecule has 3 saturated carbocycles. The Morgan fingerprint density at radius 2 is 1.19 bits per heavy atom. The minimum absolute atomic E-state index is 0.151. The first kappa shape index (κ1) is 54.3. The van der Waals surface area contributed by atoms with Gasteiger partial charge in [0.2, 0.25) is 0 Å². The van der Waals surface area contributed by atoms with Crippen molar-refractivity contribution in [2.45, 2.75) is 253 Å². The normalized spacial score (nSPS) is 58.8. The van der Waals surface area contributed by atoms with Crippen LogP contribution in [-0.2, 0) is 47.4 Å². The summed E-state index contributed by atoms with van der Waals surface area (Å²) in [7, 11) is 0. The van der Waals surface area contributed by atoms with Gasteiger partial charge in [-0.2, -0.15) is 0 Å². The Balaban J connectivity index is 0.842. The molecule has 10 rings (SSSR count). The SMILES string of the molecule is C[C@H]1CC[C@@]2(OC1)O[C@H]1C[C@H]3[C@@H]4CC=C5C[C@@H](O[C@@H]6O[C@H](CO)[C@@H](O[C@@H]7O[C@@H](C)[C@H](O[C@@H]8O[C@@H](C)[C@H](O)[C@@H](O)[C@H]8O)[C@@H](O)[C@H]7O)[C@H](O)[C@H]6O[C@@H]6O[C@@H](C)[C@H](O)[C@@H](O)[C@H]6O)CC[C@]5(C)[C@H]4CC[C@]3(C)[C@@]1(O)[C@@H]2C. The maximum absolute atomic E-state index is 12.9. The third-order valence-electron chi connectivity index (χ3n) is 20.0. The molecular weight excluding hydrogens is 949 g/mol. The van der Waals surface area contributed by atoms with E-state index in [9.17, 15) is 56.2 Å². The summed E-state index contributed by atoms with van der Waals surface area (Å²) in [5, 5.41) is 122. The summed E-state index contributed by atoms with van der Waals surface area (Å²) in [6.45, 7) is 13.3. The van der Waals surface area contributed by atoms with Crippen molar-refractivity contribution in [3.63, 3.8) is 0 Å². The van der Waals surface area contributed by atoms with Crippen molar-refractivity contribution in [2.75, 3.05) is 13.2 Å². The molecule has 412 valence electrons. The summed E-state index contributed by atoms with van der Waals surface area (Å²) in [5.74, 6) is 0.531. The van der Waals surface area contributed by atoms with Gasteiger partial charge in [-0.05, 0) is 101 Å². The average molecular weight is 1030 g/mol. The quantitative estimate of drug-likeness (QED) is 0.126. The van der Waals surface area contributed by atoms with Gasteiger partial charge in [-0.3, -0.25) is 0 Å². The molecule has 9 fully saturated rings. The van der Waals surface area contributed by atoms with Gasteiger partial charge in [-0.1, -0.05) is 39.3 Å². The molecule has 0 aromatic heterocycles. The van der Waals surface area contributed by atoms with E-state index in [2.05, 4.69) is 33.8 Å². The summed E-state index contributed by atoms with van der Waals surface area (Å²) >= 11 is 0. The van der Waals surface area contributed by atoms with Crippen molar-refractivity contribution in [2.24, 2.45) is 40.4 Å². The Kier molecular flexibility index (Phi) is 15.1. The Morgan fingerprint density at radius 3 is 1.81 bits per heavy atom. The van der Waals surface area contributed by atoms with Crippen LogP contribution in [0.5, 0.6) is 0 Å². The molecule has 6 heterocycles. The molecule has 10 aliphatic rings. The molecule has 4 aliphatic carbocycles. The summed E-state index contributed by atoms with van der Waals surface area (Å²) in [4.78, 5) is 0. The van der Waals surface area contributed by atoms with Gasteiger partial charge in [0.05, 0.1) is 43.7 Å². The molecule has 11 N–H and O–H groups in total. The Morgan fingerprint density at radius 1 is 0.597 bits per heavy atom. The molecular formula is C51H82O21. The van der Waals surface area contributed by atoms with E-state index < -0.39 is 147 Å². The second kappa shape index (κ2) is 20.0. The first-order chi connectivity index (χ1) is 34.0. The second-order valence-electron chi connectivity index (χ2n) is 23.9. The molecule has 0 radical (unpaired) electrons. The Bertz CT molecular complexity index is 1940. The summed E-state index contributed by atoms with van der Waals surface area (Å²) in [6, 6.07) is 0. The fourth-order valence-corrected chi connectivity index (χ4v) is 15.4. The standard InChI is InChI=1S/C51H82O21/c1-20-10-15-50(63-19-20)24(5)51(62)31(72-50)17-29-27-9-8-25-16-26(11-13-48(25,6)28(27)12-14-49(29,51)7)67-47-43(71-45-38(59)35(56)33(54)22(3)65-45)40(61)42(30(18-52)68-47)70-46-39(60)36(57)41(23(4)66-46)69-44-37(58)34(55)32(53)21(2)64-44/h8,20-24,26-47,52-62H,9-19H2,1-7H3/t20-,21-,22-,23-,24+,26-,27+,28-,29-,30+,31-,32-,33-,34+,35+,36-,37+,38+,39+,40-,41-,42+,43+,44-,45-,46-,47+,48-,49-,50+,51+/m0/s1. The van der Waals surface area contributed by atoms with Crippen LogP contribution in [0, 0.1) is 40.4 Å². The van der Waals surface area contributed by atoms with Crippen LogP contribution in [0.4, 0.5) is 0 Å².